The Morgan fingerprint density at radius 3 is 2.63 bits per heavy atom. The van der Waals surface area contributed by atoms with E-state index in [2.05, 4.69) is 4.98 Å². The molecule has 106 valence electrons. The van der Waals surface area contributed by atoms with Crippen molar-refractivity contribution in [3.05, 3.63) is 31.6 Å². The minimum Gasteiger partial charge on any atom is -0.297 e. The predicted molar refractivity (Wildman–Crippen MR) is 72.6 cm³/mol. The second-order valence-corrected chi connectivity index (χ2v) is 7.31. The number of H-pyrrole nitrogens is 1. The number of hydrogen-bond acceptors (Lipinski definition) is 4. The van der Waals surface area contributed by atoms with E-state index < -0.39 is 27.1 Å². The van der Waals surface area contributed by atoms with E-state index in [1.165, 1.54) is 0 Å². The van der Waals surface area contributed by atoms with Gasteiger partial charge in [0.2, 0.25) is 0 Å². The van der Waals surface area contributed by atoms with Gasteiger partial charge in [0.25, 0.3) is 5.56 Å². The molecule has 1 aliphatic rings. The lowest BCUT2D eigenvalue weighted by molar-refractivity contribution is 0.507. The highest BCUT2D eigenvalue weighted by Gasteiger charge is 2.31. The van der Waals surface area contributed by atoms with Crippen LogP contribution in [0.2, 0.25) is 5.15 Å². The van der Waals surface area contributed by atoms with Crippen LogP contribution in [0.3, 0.4) is 0 Å². The van der Waals surface area contributed by atoms with Gasteiger partial charge in [0, 0.05) is 0 Å². The molecular weight excluding hydrogens is 292 g/mol. The number of hydrogen-bond donors (Lipinski definition) is 1. The minimum absolute atomic E-state index is 0.00921. The van der Waals surface area contributed by atoms with Crippen LogP contribution >= 0.6 is 11.6 Å². The van der Waals surface area contributed by atoms with Crippen molar-refractivity contribution in [1.29, 1.82) is 0 Å². The van der Waals surface area contributed by atoms with Crippen molar-refractivity contribution in [3.8, 4) is 0 Å². The first-order valence-electron chi connectivity index (χ1n) is 6.09. The predicted octanol–water partition coefficient (Wildman–Crippen LogP) is 0.502. The van der Waals surface area contributed by atoms with Gasteiger partial charge < -0.3 is 0 Å². The third-order valence-electron chi connectivity index (χ3n) is 3.25. The molecule has 1 aromatic rings. The van der Waals surface area contributed by atoms with Gasteiger partial charge in [0.15, 0.2) is 9.84 Å². The number of nitrogens with zero attached hydrogens (tertiary/aromatic N) is 1. The van der Waals surface area contributed by atoms with Gasteiger partial charge in [-0.2, -0.15) is 0 Å². The second-order valence-electron chi connectivity index (χ2n) is 4.70. The standard InChI is InChI=1S/C11H15ClN2O4S/c1-2-3-8-9(12)13-11(16)14(10(8)15)7-4-5-19(17,18)6-7/h7H,2-6H2,1H3,(H,13,16). The number of aromatic nitrogens is 2. The summed E-state index contributed by atoms with van der Waals surface area (Å²) in [5.74, 6) is -0.154. The first-order chi connectivity index (χ1) is 8.85. The summed E-state index contributed by atoms with van der Waals surface area (Å²) < 4.78 is 23.9. The van der Waals surface area contributed by atoms with Crippen molar-refractivity contribution in [1.82, 2.24) is 9.55 Å². The Kier molecular flexibility index (Phi) is 3.87. The molecule has 1 unspecified atom stereocenters. The Labute approximate surface area is 115 Å². The molecule has 0 bridgehead atoms. The van der Waals surface area contributed by atoms with Crippen LogP contribution in [0.5, 0.6) is 0 Å². The zero-order chi connectivity index (χ0) is 14.2. The van der Waals surface area contributed by atoms with Crippen molar-refractivity contribution in [2.24, 2.45) is 0 Å². The van der Waals surface area contributed by atoms with Crippen LogP contribution in [-0.2, 0) is 16.3 Å². The highest BCUT2D eigenvalue weighted by Crippen LogP contribution is 2.21. The van der Waals surface area contributed by atoms with Crippen LogP contribution in [0, 0.1) is 0 Å². The van der Waals surface area contributed by atoms with Gasteiger partial charge in [0.05, 0.1) is 23.1 Å². The smallest absolute Gasteiger partial charge is 0.297 e. The molecule has 0 amide bonds. The van der Waals surface area contributed by atoms with Crippen LogP contribution in [-0.4, -0.2) is 29.5 Å². The van der Waals surface area contributed by atoms with Gasteiger partial charge in [-0.1, -0.05) is 24.9 Å². The molecule has 1 aliphatic heterocycles. The van der Waals surface area contributed by atoms with Crippen LogP contribution < -0.4 is 11.2 Å². The van der Waals surface area contributed by atoms with Gasteiger partial charge in [-0.15, -0.1) is 0 Å². The Morgan fingerprint density at radius 1 is 1.42 bits per heavy atom. The van der Waals surface area contributed by atoms with Gasteiger partial charge in [-0.25, -0.2) is 13.2 Å². The lowest BCUT2D eigenvalue weighted by atomic mass is 10.2. The first kappa shape index (κ1) is 14.3. The SMILES string of the molecule is CCCc1c(Cl)[nH]c(=O)n(C2CCS(=O)(=O)C2)c1=O. The maximum Gasteiger partial charge on any atom is 0.329 e. The molecule has 0 aliphatic carbocycles. The number of halogens is 1. The monoisotopic (exact) mass is 306 g/mol. The third kappa shape index (κ3) is 2.76. The van der Waals surface area contributed by atoms with Crippen LogP contribution in [0.25, 0.3) is 0 Å². The molecule has 0 spiro atoms. The zero-order valence-electron chi connectivity index (χ0n) is 10.5. The zero-order valence-corrected chi connectivity index (χ0v) is 12.1. The number of rotatable bonds is 3. The van der Waals surface area contributed by atoms with E-state index in [-0.39, 0.29) is 16.7 Å². The summed E-state index contributed by atoms with van der Waals surface area (Å²) in [6, 6.07) is -0.589. The summed E-state index contributed by atoms with van der Waals surface area (Å²) in [5, 5.41) is 0.0500. The quantitative estimate of drug-likeness (QED) is 0.824. The summed E-state index contributed by atoms with van der Waals surface area (Å²) in [6.45, 7) is 1.89. The van der Waals surface area contributed by atoms with E-state index in [1.807, 2.05) is 6.92 Å². The molecule has 8 heteroatoms. The number of nitrogens with one attached hydrogen (secondary N) is 1. The lowest BCUT2D eigenvalue weighted by Gasteiger charge is -2.13. The molecule has 1 aromatic heterocycles. The van der Waals surface area contributed by atoms with Gasteiger partial charge >= 0.3 is 5.69 Å². The molecule has 2 heterocycles. The summed E-state index contributed by atoms with van der Waals surface area (Å²) >= 11 is 5.86. The lowest BCUT2D eigenvalue weighted by Crippen LogP contribution is -2.40. The molecular formula is C11H15ClN2O4S. The van der Waals surface area contributed by atoms with Crippen molar-refractivity contribution in [2.45, 2.75) is 32.2 Å². The topological polar surface area (TPSA) is 89.0 Å². The average Bonchev–Trinajstić information content (AvgIpc) is 2.64. The van der Waals surface area contributed by atoms with E-state index in [0.717, 1.165) is 4.57 Å². The van der Waals surface area contributed by atoms with Crippen molar-refractivity contribution in [3.63, 3.8) is 0 Å². The van der Waals surface area contributed by atoms with Crippen LogP contribution in [0.4, 0.5) is 0 Å². The van der Waals surface area contributed by atoms with E-state index in [1.54, 1.807) is 0 Å². The molecule has 6 nitrogen and oxygen atoms in total. The minimum atomic E-state index is -3.16. The second kappa shape index (κ2) is 5.13. The summed E-state index contributed by atoms with van der Waals surface area (Å²) in [5.41, 5.74) is -0.775. The van der Waals surface area contributed by atoms with Crippen molar-refractivity contribution in [2.75, 3.05) is 11.5 Å². The van der Waals surface area contributed by atoms with E-state index in [9.17, 15) is 18.0 Å². The highest BCUT2D eigenvalue weighted by molar-refractivity contribution is 7.91. The molecule has 1 N–H and O–H groups in total. The Balaban J connectivity index is 2.55. The van der Waals surface area contributed by atoms with Gasteiger partial charge in [-0.3, -0.25) is 14.3 Å². The molecule has 2 rings (SSSR count). The summed E-state index contributed by atoms with van der Waals surface area (Å²) in [7, 11) is -3.16. The molecule has 0 saturated carbocycles. The Bertz CT molecular complexity index is 704. The molecule has 0 radical (unpaired) electrons. The Hall–Kier alpha value is -1.08. The van der Waals surface area contributed by atoms with Crippen molar-refractivity contribution >= 4 is 21.4 Å². The van der Waals surface area contributed by atoms with E-state index in [0.29, 0.717) is 24.8 Å². The average molecular weight is 307 g/mol. The maximum absolute atomic E-state index is 12.3. The van der Waals surface area contributed by atoms with E-state index in [4.69, 9.17) is 11.6 Å². The van der Waals surface area contributed by atoms with Crippen LogP contribution in [0.1, 0.15) is 31.4 Å². The maximum atomic E-state index is 12.3. The summed E-state index contributed by atoms with van der Waals surface area (Å²) in [6.07, 6.45) is 1.45. The highest BCUT2D eigenvalue weighted by atomic mass is 35.5. The van der Waals surface area contributed by atoms with E-state index >= 15 is 0 Å². The number of sulfone groups is 1. The third-order valence-corrected chi connectivity index (χ3v) is 5.32. The fraction of sp³-hybridized carbons (Fsp3) is 0.636. The number of aromatic amines is 1. The Morgan fingerprint density at radius 2 is 2.11 bits per heavy atom. The first-order valence-corrected chi connectivity index (χ1v) is 8.29. The molecule has 1 saturated heterocycles. The molecule has 1 atom stereocenters. The molecule has 19 heavy (non-hydrogen) atoms. The molecule has 0 aromatic carbocycles. The summed E-state index contributed by atoms with van der Waals surface area (Å²) in [4.78, 5) is 26.5. The largest absolute Gasteiger partial charge is 0.329 e. The molecule has 1 fully saturated rings. The van der Waals surface area contributed by atoms with Crippen LogP contribution in [0.15, 0.2) is 9.59 Å². The van der Waals surface area contributed by atoms with Gasteiger partial charge in [-0.05, 0) is 12.8 Å². The normalized spacial score (nSPS) is 21.7. The van der Waals surface area contributed by atoms with Gasteiger partial charge in [0.1, 0.15) is 5.15 Å². The fourth-order valence-corrected chi connectivity index (χ4v) is 4.29. The fourth-order valence-electron chi connectivity index (χ4n) is 2.34. The van der Waals surface area contributed by atoms with Crippen molar-refractivity contribution < 1.29 is 8.42 Å².